The number of aromatic nitrogens is 1. The molecular weight excluding hydrogens is 212 g/mol. The van der Waals surface area contributed by atoms with E-state index in [1.807, 2.05) is 6.20 Å². The molecule has 1 saturated carbocycles. The second-order valence-corrected chi connectivity index (χ2v) is 4.35. The summed E-state index contributed by atoms with van der Waals surface area (Å²) >= 11 is 0. The normalized spacial score (nSPS) is 15.8. The van der Waals surface area contributed by atoms with Crippen molar-refractivity contribution in [1.82, 2.24) is 15.6 Å². The van der Waals surface area contributed by atoms with Crippen LogP contribution in [0.5, 0.6) is 0 Å². The first-order valence-corrected chi connectivity index (χ1v) is 6.22. The summed E-state index contributed by atoms with van der Waals surface area (Å²) in [5.41, 5.74) is 2.38. The van der Waals surface area contributed by atoms with Crippen LogP contribution in [-0.2, 0) is 13.0 Å². The number of rotatable bonds is 4. The molecule has 1 fully saturated rings. The van der Waals surface area contributed by atoms with Crippen LogP contribution in [0.25, 0.3) is 0 Å². The molecule has 0 aromatic carbocycles. The number of pyridine rings is 1. The van der Waals surface area contributed by atoms with Gasteiger partial charge in [-0.3, -0.25) is 9.98 Å². The summed E-state index contributed by atoms with van der Waals surface area (Å²) in [6, 6.07) is 4.81. The predicted octanol–water partition coefficient (Wildman–Crippen LogP) is 1.47. The third-order valence-corrected chi connectivity index (χ3v) is 2.87. The zero-order chi connectivity index (χ0) is 12.1. The Hall–Kier alpha value is -1.58. The zero-order valence-electron chi connectivity index (χ0n) is 10.5. The predicted molar refractivity (Wildman–Crippen MR) is 70.0 cm³/mol. The Bertz CT molecular complexity index is 396. The van der Waals surface area contributed by atoms with Crippen LogP contribution in [0.2, 0.25) is 0 Å². The highest BCUT2D eigenvalue weighted by atomic mass is 15.2. The summed E-state index contributed by atoms with van der Waals surface area (Å²) in [7, 11) is 1.80. The van der Waals surface area contributed by atoms with Gasteiger partial charge in [-0.15, -0.1) is 0 Å². The number of aliphatic imine (C=N–C) groups is 1. The van der Waals surface area contributed by atoms with Crippen molar-refractivity contribution in [1.29, 1.82) is 0 Å². The monoisotopic (exact) mass is 232 g/mol. The number of aryl methyl sites for hydroxylation is 1. The van der Waals surface area contributed by atoms with Crippen molar-refractivity contribution < 1.29 is 0 Å². The quantitative estimate of drug-likeness (QED) is 0.610. The van der Waals surface area contributed by atoms with Crippen molar-refractivity contribution in [3.63, 3.8) is 0 Å². The molecule has 17 heavy (non-hydrogen) atoms. The Morgan fingerprint density at radius 3 is 3.00 bits per heavy atom. The Balaban J connectivity index is 1.86. The highest BCUT2D eigenvalue weighted by Gasteiger charge is 2.21. The van der Waals surface area contributed by atoms with Crippen molar-refractivity contribution in [3.8, 4) is 0 Å². The summed E-state index contributed by atoms with van der Waals surface area (Å²) in [6.07, 6.45) is 5.42. The molecule has 1 aliphatic rings. The van der Waals surface area contributed by atoms with Gasteiger partial charge in [0.15, 0.2) is 5.96 Å². The van der Waals surface area contributed by atoms with E-state index in [0.717, 1.165) is 24.6 Å². The van der Waals surface area contributed by atoms with Gasteiger partial charge in [-0.25, -0.2) is 0 Å². The van der Waals surface area contributed by atoms with Gasteiger partial charge in [0, 0.05) is 19.3 Å². The second kappa shape index (κ2) is 5.66. The van der Waals surface area contributed by atoms with Crippen LogP contribution in [0.3, 0.4) is 0 Å². The van der Waals surface area contributed by atoms with Crippen molar-refractivity contribution in [2.75, 3.05) is 7.05 Å². The Kier molecular flexibility index (Phi) is 3.96. The highest BCUT2D eigenvalue weighted by molar-refractivity contribution is 5.80. The van der Waals surface area contributed by atoms with Gasteiger partial charge in [-0.2, -0.15) is 0 Å². The minimum atomic E-state index is 0.621. The average Bonchev–Trinajstić information content (AvgIpc) is 3.18. The highest BCUT2D eigenvalue weighted by Crippen LogP contribution is 2.18. The molecule has 0 amide bonds. The van der Waals surface area contributed by atoms with E-state index in [-0.39, 0.29) is 0 Å². The van der Waals surface area contributed by atoms with Gasteiger partial charge >= 0.3 is 0 Å². The Labute approximate surface area is 103 Å². The fraction of sp³-hybridized carbons (Fsp3) is 0.538. The first-order valence-electron chi connectivity index (χ1n) is 6.22. The van der Waals surface area contributed by atoms with Gasteiger partial charge in [-0.05, 0) is 37.0 Å². The van der Waals surface area contributed by atoms with Gasteiger partial charge in [-0.1, -0.05) is 6.92 Å². The largest absolute Gasteiger partial charge is 0.354 e. The number of guanidine groups is 1. The van der Waals surface area contributed by atoms with Gasteiger partial charge in [0.1, 0.15) is 0 Å². The standard InChI is InChI=1S/C13H20N4/c1-3-10-6-7-15-12(8-10)9-16-13(14-2)17-11-4-5-11/h6-8,11H,3-5,9H2,1-2H3,(H2,14,16,17). The lowest BCUT2D eigenvalue weighted by atomic mass is 10.2. The van der Waals surface area contributed by atoms with Gasteiger partial charge in [0.05, 0.1) is 12.2 Å². The molecule has 0 aliphatic heterocycles. The molecule has 0 atom stereocenters. The summed E-state index contributed by atoms with van der Waals surface area (Å²) in [5.74, 6) is 0.871. The van der Waals surface area contributed by atoms with Crippen molar-refractivity contribution in [3.05, 3.63) is 29.6 Å². The first-order chi connectivity index (χ1) is 8.31. The van der Waals surface area contributed by atoms with E-state index in [4.69, 9.17) is 0 Å². The fourth-order valence-electron chi connectivity index (χ4n) is 1.63. The molecule has 4 heteroatoms. The number of nitrogens with zero attached hydrogens (tertiary/aromatic N) is 2. The van der Waals surface area contributed by atoms with E-state index >= 15 is 0 Å². The van der Waals surface area contributed by atoms with E-state index < -0.39 is 0 Å². The Morgan fingerprint density at radius 1 is 1.53 bits per heavy atom. The SMILES string of the molecule is CCc1ccnc(CNC(=NC)NC2CC2)c1. The maximum atomic E-state index is 4.34. The lowest BCUT2D eigenvalue weighted by Gasteiger charge is -2.11. The lowest BCUT2D eigenvalue weighted by Crippen LogP contribution is -2.38. The van der Waals surface area contributed by atoms with Crippen LogP contribution in [0.4, 0.5) is 0 Å². The molecule has 1 aromatic rings. The Morgan fingerprint density at radius 2 is 2.35 bits per heavy atom. The van der Waals surface area contributed by atoms with Crippen LogP contribution in [0, 0.1) is 0 Å². The molecule has 92 valence electrons. The molecular formula is C13H20N4. The van der Waals surface area contributed by atoms with Gasteiger partial charge in [0.2, 0.25) is 0 Å². The summed E-state index contributed by atoms with van der Waals surface area (Å²) in [5, 5.41) is 6.64. The van der Waals surface area contributed by atoms with Crippen molar-refractivity contribution >= 4 is 5.96 Å². The molecule has 0 bridgehead atoms. The van der Waals surface area contributed by atoms with Crippen LogP contribution >= 0.6 is 0 Å². The smallest absolute Gasteiger partial charge is 0.191 e. The minimum Gasteiger partial charge on any atom is -0.354 e. The van der Waals surface area contributed by atoms with E-state index in [2.05, 4.69) is 39.7 Å². The fourth-order valence-corrected chi connectivity index (χ4v) is 1.63. The number of nitrogens with one attached hydrogen (secondary N) is 2. The molecule has 0 unspecified atom stereocenters. The van der Waals surface area contributed by atoms with E-state index in [1.165, 1.54) is 18.4 Å². The van der Waals surface area contributed by atoms with Gasteiger partial charge in [0.25, 0.3) is 0 Å². The minimum absolute atomic E-state index is 0.621. The summed E-state index contributed by atoms with van der Waals surface area (Å²) < 4.78 is 0. The van der Waals surface area contributed by atoms with E-state index in [9.17, 15) is 0 Å². The third kappa shape index (κ3) is 3.73. The molecule has 2 rings (SSSR count). The molecule has 1 heterocycles. The lowest BCUT2D eigenvalue weighted by molar-refractivity contribution is 0.789. The maximum Gasteiger partial charge on any atom is 0.191 e. The summed E-state index contributed by atoms with van der Waals surface area (Å²) in [4.78, 5) is 8.54. The molecule has 1 aromatic heterocycles. The van der Waals surface area contributed by atoms with Crippen molar-refractivity contribution in [2.24, 2.45) is 4.99 Å². The molecule has 0 saturated heterocycles. The topological polar surface area (TPSA) is 49.3 Å². The number of hydrogen-bond donors (Lipinski definition) is 2. The first kappa shape index (κ1) is 11.9. The molecule has 4 nitrogen and oxygen atoms in total. The second-order valence-electron chi connectivity index (χ2n) is 4.35. The van der Waals surface area contributed by atoms with Crippen LogP contribution < -0.4 is 10.6 Å². The third-order valence-electron chi connectivity index (χ3n) is 2.87. The van der Waals surface area contributed by atoms with E-state index in [0.29, 0.717) is 6.04 Å². The van der Waals surface area contributed by atoms with Crippen molar-refractivity contribution in [2.45, 2.75) is 38.8 Å². The summed E-state index contributed by atoms with van der Waals surface area (Å²) in [6.45, 7) is 2.88. The maximum absolute atomic E-state index is 4.34. The molecule has 0 spiro atoms. The zero-order valence-corrected chi connectivity index (χ0v) is 10.5. The molecule has 1 aliphatic carbocycles. The van der Waals surface area contributed by atoms with Gasteiger partial charge < -0.3 is 10.6 Å². The van der Waals surface area contributed by atoms with Crippen LogP contribution in [-0.4, -0.2) is 24.0 Å². The molecule has 0 radical (unpaired) electrons. The van der Waals surface area contributed by atoms with E-state index in [1.54, 1.807) is 7.05 Å². The molecule has 2 N–H and O–H groups in total. The average molecular weight is 232 g/mol. The number of hydrogen-bond acceptors (Lipinski definition) is 2. The van der Waals surface area contributed by atoms with Crippen LogP contribution in [0.1, 0.15) is 31.0 Å². The van der Waals surface area contributed by atoms with Crippen LogP contribution in [0.15, 0.2) is 23.3 Å².